The van der Waals surface area contributed by atoms with Crippen molar-refractivity contribution in [2.45, 2.75) is 6.92 Å². The zero-order valence-electron chi connectivity index (χ0n) is 10.9. The monoisotopic (exact) mass is 256 g/mol. The van der Waals surface area contributed by atoms with Crippen molar-refractivity contribution >= 4 is 5.97 Å². The zero-order valence-corrected chi connectivity index (χ0v) is 10.9. The minimum absolute atomic E-state index is 0.00956. The van der Waals surface area contributed by atoms with E-state index in [1.807, 2.05) is 35.5 Å². The predicted octanol–water partition coefficient (Wildman–Crippen LogP) is 2.45. The molecular weight excluding hydrogens is 240 g/mol. The largest absolute Gasteiger partial charge is 0.462 e. The maximum Gasteiger partial charge on any atom is 0.348 e. The van der Waals surface area contributed by atoms with Gasteiger partial charge < -0.3 is 9.64 Å². The highest BCUT2D eigenvalue weighted by atomic mass is 16.5. The fraction of sp³-hybridized carbons (Fsp3) is 0.200. The minimum Gasteiger partial charge on any atom is -0.462 e. The molecular formula is C15H16N2O2. The molecule has 4 heteroatoms. The van der Waals surface area contributed by atoms with Crippen molar-refractivity contribution in [3.63, 3.8) is 0 Å². The van der Waals surface area contributed by atoms with Gasteiger partial charge in [0.1, 0.15) is 11.6 Å². The number of ether oxygens (including phenoxy) is 1. The average Bonchev–Trinajstić information content (AvgIpc) is 2.42. The topological polar surface area (TPSA) is 53.3 Å². The normalized spacial score (nSPS) is 14.0. The number of rotatable bonds is 5. The molecule has 0 saturated carbocycles. The summed E-state index contributed by atoms with van der Waals surface area (Å²) >= 11 is 0. The number of allylic oxidation sites excluding steroid dienone is 5. The molecule has 0 radical (unpaired) electrons. The Morgan fingerprint density at radius 1 is 1.53 bits per heavy atom. The molecule has 0 aromatic heterocycles. The van der Waals surface area contributed by atoms with E-state index < -0.39 is 5.97 Å². The first-order valence-electron chi connectivity index (χ1n) is 5.93. The van der Waals surface area contributed by atoms with E-state index in [1.165, 1.54) is 6.08 Å². The quantitative estimate of drug-likeness (QED) is 0.328. The molecule has 0 N–H and O–H groups in total. The summed E-state index contributed by atoms with van der Waals surface area (Å²) in [5.41, 5.74) is 0.891. The molecule has 0 bridgehead atoms. The summed E-state index contributed by atoms with van der Waals surface area (Å²) in [6.45, 7) is 6.35. The molecule has 0 aliphatic carbocycles. The Hall–Kier alpha value is -2.54. The average molecular weight is 256 g/mol. The van der Waals surface area contributed by atoms with E-state index in [-0.39, 0.29) is 12.2 Å². The van der Waals surface area contributed by atoms with Gasteiger partial charge in [0.05, 0.1) is 6.61 Å². The summed E-state index contributed by atoms with van der Waals surface area (Å²) in [6, 6.07) is 1.83. The van der Waals surface area contributed by atoms with Crippen LogP contribution in [0, 0.1) is 11.3 Å². The van der Waals surface area contributed by atoms with Gasteiger partial charge in [-0.1, -0.05) is 12.2 Å². The lowest BCUT2D eigenvalue weighted by Crippen LogP contribution is -2.10. The first-order chi connectivity index (χ1) is 9.21. The van der Waals surface area contributed by atoms with Gasteiger partial charge >= 0.3 is 5.97 Å². The molecule has 98 valence electrons. The van der Waals surface area contributed by atoms with Crippen LogP contribution in [0.4, 0.5) is 0 Å². The van der Waals surface area contributed by atoms with E-state index in [0.717, 1.165) is 12.1 Å². The number of hydrogen-bond acceptors (Lipinski definition) is 4. The van der Waals surface area contributed by atoms with Crippen molar-refractivity contribution in [3.05, 3.63) is 60.5 Å². The fourth-order valence-electron chi connectivity index (χ4n) is 1.39. The van der Waals surface area contributed by atoms with Crippen LogP contribution < -0.4 is 0 Å². The number of carbonyl (C=O) groups excluding carboxylic acids is 1. The van der Waals surface area contributed by atoms with Crippen molar-refractivity contribution in [1.82, 2.24) is 4.90 Å². The predicted molar refractivity (Wildman–Crippen MR) is 73.6 cm³/mol. The Kier molecular flexibility index (Phi) is 5.90. The molecule has 0 fully saturated rings. The summed E-state index contributed by atoms with van der Waals surface area (Å²) in [5, 5.41) is 8.86. The van der Waals surface area contributed by atoms with Gasteiger partial charge in [-0.25, -0.2) is 4.79 Å². The van der Waals surface area contributed by atoms with Gasteiger partial charge in [-0.15, -0.1) is 6.58 Å². The fourth-order valence-corrected chi connectivity index (χ4v) is 1.39. The SMILES string of the molecule is C=CCN1C=CC(=CC=C(C#N)C(=O)OCC)C=C1. The first-order valence-corrected chi connectivity index (χ1v) is 5.93. The molecule has 4 nitrogen and oxygen atoms in total. The molecule has 1 aliphatic rings. The maximum absolute atomic E-state index is 11.4. The van der Waals surface area contributed by atoms with Crippen molar-refractivity contribution in [3.8, 4) is 6.07 Å². The third-order valence-electron chi connectivity index (χ3n) is 2.32. The maximum atomic E-state index is 11.4. The summed E-state index contributed by atoms with van der Waals surface area (Å²) in [7, 11) is 0. The highest BCUT2D eigenvalue weighted by Crippen LogP contribution is 2.10. The lowest BCUT2D eigenvalue weighted by molar-refractivity contribution is -0.138. The Labute approximate surface area is 113 Å². The van der Waals surface area contributed by atoms with Gasteiger partial charge in [0.25, 0.3) is 0 Å². The van der Waals surface area contributed by atoms with Crippen molar-refractivity contribution in [2.75, 3.05) is 13.2 Å². The molecule has 0 amide bonds. The molecule has 0 atom stereocenters. The molecule has 0 unspecified atom stereocenters. The molecule has 1 aliphatic heterocycles. The summed E-state index contributed by atoms with van der Waals surface area (Å²) in [5.74, 6) is -0.598. The summed E-state index contributed by atoms with van der Waals surface area (Å²) in [4.78, 5) is 13.3. The lowest BCUT2D eigenvalue weighted by Gasteiger charge is -2.16. The third-order valence-corrected chi connectivity index (χ3v) is 2.32. The minimum atomic E-state index is -0.598. The van der Waals surface area contributed by atoms with E-state index in [4.69, 9.17) is 10.00 Å². The van der Waals surface area contributed by atoms with E-state index in [9.17, 15) is 4.79 Å². The number of hydrogen-bond donors (Lipinski definition) is 0. The smallest absolute Gasteiger partial charge is 0.348 e. The van der Waals surface area contributed by atoms with Gasteiger partial charge in [-0.3, -0.25) is 0 Å². The van der Waals surface area contributed by atoms with Crippen LogP contribution in [-0.2, 0) is 9.53 Å². The van der Waals surface area contributed by atoms with Gasteiger partial charge in [0.15, 0.2) is 0 Å². The van der Waals surface area contributed by atoms with Gasteiger partial charge in [-0.2, -0.15) is 5.26 Å². The van der Waals surface area contributed by atoms with Crippen LogP contribution >= 0.6 is 0 Å². The Morgan fingerprint density at radius 2 is 2.21 bits per heavy atom. The number of nitriles is 1. The highest BCUT2D eigenvalue weighted by molar-refractivity contribution is 5.93. The number of nitrogens with zero attached hydrogens (tertiary/aromatic N) is 2. The zero-order chi connectivity index (χ0) is 14.1. The molecule has 0 aromatic carbocycles. The van der Waals surface area contributed by atoms with Gasteiger partial charge in [0.2, 0.25) is 0 Å². The standard InChI is InChI=1S/C15H16N2O2/c1-3-9-17-10-7-13(8-11-17)5-6-14(12-16)15(18)19-4-2/h3,5-8,10-11H,1,4,9H2,2H3. The second-order valence-corrected chi connectivity index (χ2v) is 3.70. The summed E-state index contributed by atoms with van der Waals surface area (Å²) in [6.07, 6.45) is 12.5. The van der Waals surface area contributed by atoms with E-state index in [2.05, 4.69) is 6.58 Å². The lowest BCUT2D eigenvalue weighted by atomic mass is 10.1. The molecule has 1 rings (SSSR count). The van der Waals surface area contributed by atoms with Crippen LogP contribution in [0.3, 0.4) is 0 Å². The Morgan fingerprint density at radius 3 is 2.74 bits per heavy atom. The van der Waals surface area contributed by atoms with Crippen molar-refractivity contribution < 1.29 is 9.53 Å². The van der Waals surface area contributed by atoms with Crippen LogP contribution in [0.15, 0.2) is 60.5 Å². The van der Waals surface area contributed by atoms with E-state index in [1.54, 1.807) is 19.1 Å². The highest BCUT2D eigenvalue weighted by Gasteiger charge is 2.08. The summed E-state index contributed by atoms with van der Waals surface area (Å²) < 4.78 is 4.77. The van der Waals surface area contributed by atoms with Crippen LogP contribution in [0.25, 0.3) is 0 Å². The van der Waals surface area contributed by atoms with Gasteiger partial charge in [0, 0.05) is 18.9 Å². The van der Waals surface area contributed by atoms with Crippen molar-refractivity contribution in [1.29, 1.82) is 5.26 Å². The van der Waals surface area contributed by atoms with Crippen LogP contribution in [-0.4, -0.2) is 24.0 Å². The van der Waals surface area contributed by atoms with Crippen molar-refractivity contribution in [2.24, 2.45) is 0 Å². The van der Waals surface area contributed by atoms with E-state index >= 15 is 0 Å². The molecule has 0 spiro atoms. The Bertz CT molecular complexity index is 489. The second-order valence-electron chi connectivity index (χ2n) is 3.70. The van der Waals surface area contributed by atoms with Crippen LogP contribution in [0.5, 0.6) is 0 Å². The molecule has 19 heavy (non-hydrogen) atoms. The molecule has 0 saturated heterocycles. The number of carbonyl (C=O) groups is 1. The van der Waals surface area contributed by atoms with Crippen LogP contribution in [0.2, 0.25) is 0 Å². The second kappa shape index (κ2) is 7.72. The molecule has 1 heterocycles. The number of esters is 1. The third kappa shape index (κ3) is 4.68. The Balaban J connectivity index is 2.74. The van der Waals surface area contributed by atoms with Crippen LogP contribution in [0.1, 0.15) is 6.92 Å². The first kappa shape index (κ1) is 14.5. The van der Waals surface area contributed by atoms with E-state index in [0.29, 0.717) is 0 Å². The molecule has 0 aromatic rings. The van der Waals surface area contributed by atoms with Gasteiger partial charge in [-0.05, 0) is 30.7 Å².